The van der Waals surface area contributed by atoms with Crippen molar-refractivity contribution in [1.82, 2.24) is 5.32 Å². The van der Waals surface area contributed by atoms with Gasteiger partial charge in [0.15, 0.2) is 0 Å². The van der Waals surface area contributed by atoms with E-state index in [0.717, 1.165) is 6.54 Å². The summed E-state index contributed by atoms with van der Waals surface area (Å²) >= 11 is 0.531. The second kappa shape index (κ2) is 7.79. The summed E-state index contributed by atoms with van der Waals surface area (Å²) in [7, 11) is 0. The van der Waals surface area contributed by atoms with Crippen LogP contribution in [0.25, 0.3) is 0 Å². The van der Waals surface area contributed by atoms with Gasteiger partial charge in [0.25, 0.3) is 0 Å². The summed E-state index contributed by atoms with van der Waals surface area (Å²) in [6.45, 7) is 7.94. The van der Waals surface area contributed by atoms with Crippen LogP contribution in [0, 0.1) is 5.41 Å². The summed E-state index contributed by atoms with van der Waals surface area (Å²) in [5, 5.41) is 4.99. The third-order valence-corrected chi connectivity index (χ3v) is 5.92. The van der Waals surface area contributed by atoms with Crippen molar-refractivity contribution in [3.63, 3.8) is 0 Å². The quantitative estimate of drug-likeness (QED) is 0.788. The van der Waals surface area contributed by atoms with Crippen LogP contribution in [-0.4, -0.2) is 21.0 Å². The first-order chi connectivity index (χ1) is 10.1. The minimum atomic E-state index is 0.283. The molecule has 0 aliphatic rings. The molecule has 1 N–H and O–H groups in total. The first kappa shape index (κ1) is 16.3. The Kier molecular flexibility index (Phi) is 6.05. The first-order valence-electron chi connectivity index (χ1n) is 7.51. The van der Waals surface area contributed by atoms with Crippen LogP contribution in [-0.2, 0) is 6.54 Å². The molecule has 2 aromatic rings. The van der Waals surface area contributed by atoms with E-state index in [9.17, 15) is 0 Å². The summed E-state index contributed by atoms with van der Waals surface area (Å²) < 4.78 is 1.49. The number of rotatable bonds is 6. The fourth-order valence-corrected chi connectivity index (χ4v) is 4.93. The van der Waals surface area contributed by atoms with Crippen LogP contribution in [0.2, 0.25) is 5.32 Å². The predicted octanol–water partition coefficient (Wildman–Crippen LogP) is 3.64. The van der Waals surface area contributed by atoms with E-state index < -0.39 is 0 Å². The van der Waals surface area contributed by atoms with Crippen molar-refractivity contribution < 1.29 is 0 Å². The Morgan fingerprint density at radius 1 is 0.905 bits per heavy atom. The average Bonchev–Trinajstić information content (AvgIpc) is 2.48. The zero-order valence-corrected chi connectivity index (χ0v) is 14.9. The Morgan fingerprint density at radius 2 is 1.48 bits per heavy atom. The van der Waals surface area contributed by atoms with Gasteiger partial charge in [0.2, 0.25) is 0 Å². The van der Waals surface area contributed by atoms with Crippen LogP contribution in [0.4, 0.5) is 0 Å². The first-order valence-corrected chi connectivity index (χ1v) is 9.57. The van der Waals surface area contributed by atoms with Crippen LogP contribution in [0.3, 0.4) is 0 Å². The van der Waals surface area contributed by atoms with Gasteiger partial charge in [-0.2, -0.15) is 0 Å². The van der Waals surface area contributed by atoms with Gasteiger partial charge >= 0.3 is 135 Å². The predicted molar refractivity (Wildman–Crippen MR) is 93.2 cm³/mol. The van der Waals surface area contributed by atoms with Crippen molar-refractivity contribution in [3.05, 3.63) is 66.2 Å². The molecule has 1 nitrogen and oxygen atoms in total. The maximum absolute atomic E-state index is 3.76. The molecule has 112 valence electrons. The molecule has 0 fully saturated rings. The van der Waals surface area contributed by atoms with Crippen molar-refractivity contribution in [2.75, 3.05) is 0 Å². The molecule has 0 radical (unpaired) electrons. The Labute approximate surface area is 135 Å². The summed E-state index contributed by atoms with van der Waals surface area (Å²) in [5.74, 6) is 0. The molecule has 0 saturated carbocycles. The molecule has 0 heterocycles. The SMILES string of the molecule is CC(C)(C)C(C[Se]c1ccccc1)NCc1ccccc1. The van der Waals surface area contributed by atoms with Crippen LogP contribution in [0.5, 0.6) is 0 Å². The van der Waals surface area contributed by atoms with Gasteiger partial charge in [-0.1, -0.05) is 0 Å². The number of hydrogen-bond donors (Lipinski definition) is 1. The van der Waals surface area contributed by atoms with Gasteiger partial charge in [-0.25, -0.2) is 0 Å². The molecule has 0 aromatic heterocycles. The van der Waals surface area contributed by atoms with Gasteiger partial charge in [-0.3, -0.25) is 0 Å². The normalized spacial score (nSPS) is 13.1. The third-order valence-electron chi connectivity index (χ3n) is 3.60. The molecular weight excluding hydrogens is 321 g/mol. The maximum atomic E-state index is 3.76. The summed E-state index contributed by atoms with van der Waals surface area (Å²) in [5.41, 5.74) is 1.64. The van der Waals surface area contributed by atoms with E-state index in [2.05, 4.69) is 86.8 Å². The van der Waals surface area contributed by atoms with Crippen LogP contribution in [0.15, 0.2) is 60.7 Å². The molecule has 2 rings (SSSR count). The fourth-order valence-electron chi connectivity index (χ4n) is 2.15. The summed E-state index contributed by atoms with van der Waals surface area (Å²) in [6, 6.07) is 22.1. The topological polar surface area (TPSA) is 12.0 Å². The summed E-state index contributed by atoms with van der Waals surface area (Å²) in [4.78, 5) is 0. The van der Waals surface area contributed by atoms with Crippen LogP contribution in [0.1, 0.15) is 26.3 Å². The van der Waals surface area contributed by atoms with Gasteiger partial charge in [0, 0.05) is 0 Å². The van der Waals surface area contributed by atoms with Crippen molar-refractivity contribution >= 4 is 19.4 Å². The van der Waals surface area contributed by atoms with Crippen molar-refractivity contribution in [1.29, 1.82) is 0 Å². The molecule has 0 bridgehead atoms. The third kappa shape index (κ3) is 5.67. The van der Waals surface area contributed by atoms with E-state index in [4.69, 9.17) is 0 Å². The molecule has 2 heteroatoms. The molecule has 1 unspecified atom stereocenters. The van der Waals surface area contributed by atoms with Gasteiger partial charge in [-0.05, 0) is 0 Å². The Morgan fingerprint density at radius 3 is 2.05 bits per heavy atom. The Bertz CT molecular complexity index is 473. The molecule has 0 spiro atoms. The molecule has 21 heavy (non-hydrogen) atoms. The van der Waals surface area contributed by atoms with Gasteiger partial charge < -0.3 is 0 Å². The molecular formula is C19H25NSe. The Balaban J connectivity index is 1.92. The van der Waals surface area contributed by atoms with E-state index >= 15 is 0 Å². The Hall–Kier alpha value is -1.08. The van der Waals surface area contributed by atoms with E-state index in [1.807, 2.05) is 0 Å². The zero-order valence-electron chi connectivity index (χ0n) is 13.2. The van der Waals surface area contributed by atoms with E-state index in [0.29, 0.717) is 21.0 Å². The van der Waals surface area contributed by atoms with Crippen molar-refractivity contribution in [2.24, 2.45) is 5.41 Å². The van der Waals surface area contributed by atoms with E-state index in [1.54, 1.807) is 0 Å². The molecule has 0 aliphatic heterocycles. The molecule has 2 aromatic carbocycles. The zero-order chi connectivity index (χ0) is 15.1. The second-order valence-corrected chi connectivity index (χ2v) is 8.70. The monoisotopic (exact) mass is 347 g/mol. The average molecular weight is 346 g/mol. The molecule has 1 atom stereocenters. The standard InChI is InChI=1S/C19H25NSe/c1-19(2,3)18(15-21-17-12-8-5-9-13-17)20-14-16-10-6-4-7-11-16/h4-13,18,20H,14-15H2,1-3H3. The second-order valence-electron chi connectivity index (χ2n) is 6.41. The van der Waals surface area contributed by atoms with Gasteiger partial charge in [0.1, 0.15) is 0 Å². The number of hydrogen-bond acceptors (Lipinski definition) is 1. The van der Waals surface area contributed by atoms with Crippen LogP contribution >= 0.6 is 0 Å². The van der Waals surface area contributed by atoms with E-state index in [1.165, 1.54) is 15.3 Å². The number of benzene rings is 2. The molecule has 0 amide bonds. The van der Waals surface area contributed by atoms with Gasteiger partial charge in [0.05, 0.1) is 0 Å². The summed E-state index contributed by atoms with van der Waals surface area (Å²) in [6.07, 6.45) is 0. The number of nitrogens with one attached hydrogen (secondary N) is 1. The van der Waals surface area contributed by atoms with Crippen LogP contribution < -0.4 is 9.78 Å². The minimum absolute atomic E-state index is 0.283. The van der Waals surface area contributed by atoms with Crippen molar-refractivity contribution in [3.8, 4) is 0 Å². The fraction of sp³-hybridized carbons (Fsp3) is 0.368. The van der Waals surface area contributed by atoms with E-state index in [-0.39, 0.29) is 5.41 Å². The molecule has 0 saturated heterocycles. The molecule has 0 aliphatic carbocycles. The van der Waals surface area contributed by atoms with Gasteiger partial charge in [-0.15, -0.1) is 0 Å². The van der Waals surface area contributed by atoms with Crippen molar-refractivity contribution in [2.45, 2.75) is 38.7 Å².